The standard InChI is InChI=1S/C23H21N5O2S/c1-14-4-6-15(7-5-14)22-27-17(12-30-22)13-31-23-19(10-25)20(16-3-2-8-29-11-16)18(9-24)21(26)28-23/h4-7,12,16H,2-3,8,11,13H2,1H3,(H2,26,28). The third kappa shape index (κ3) is 4.41. The summed E-state index contributed by atoms with van der Waals surface area (Å²) in [5.74, 6) is 1.11. The van der Waals surface area contributed by atoms with Crippen molar-refractivity contribution in [2.75, 3.05) is 18.9 Å². The number of oxazole rings is 1. The molecule has 8 heteroatoms. The molecule has 4 rings (SSSR count). The summed E-state index contributed by atoms with van der Waals surface area (Å²) in [6, 6.07) is 12.3. The van der Waals surface area contributed by atoms with Gasteiger partial charge in [-0.05, 0) is 37.5 Å². The Balaban J connectivity index is 1.60. The van der Waals surface area contributed by atoms with Gasteiger partial charge in [0.25, 0.3) is 0 Å². The lowest BCUT2D eigenvalue weighted by Crippen LogP contribution is -2.19. The average molecular weight is 432 g/mol. The largest absolute Gasteiger partial charge is 0.444 e. The van der Waals surface area contributed by atoms with Crippen LogP contribution in [-0.2, 0) is 10.5 Å². The Kier molecular flexibility index (Phi) is 6.22. The van der Waals surface area contributed by atoms with E-state index in [0.29, 0.717) is 41.0 Å². The molecule has 156 valence electrons. The third-order valence-corrected chi connectivity index (χ3v) is 6.24. The van der Waals surface area contributed by atoms with E-state index in [-0.39, 0.29) is 17.3 Å². The van der Waals surface area contributed by atoms with Gasteiger partial charge in [-0.25, -0.2) is 9.97 Å². The van der Waals surface area contributed by atoms with Crippen molar-refractivity contribution in [3.63, 3.8) is 0 Å². The number of pyridine rings is 1. The summed E-state index contributed by atoms with van der Waals surface area (Å²) < 4.78 is 11.2. The first kappa shape index (κ1) is 20.9. The summed E-state index contributed by atoms with van der Waals surface area (Å²) in [5, 5.41) is 20.0. The highest BCUT2D eigenvalue weighted by Gasteiger charge is 2.27. The topological polar surface area (TPSA) is 122 Å². The van der Waals surface area contributed by atoms with Crippen molar-refractivity contribution in [3.8, 4) is 23.6 Å². The molecule has 0 radical (unpaired) electrons. The number of hydrogen-bond acceptors (Lipinski definition) is 8. The minimum atomic E-state index is -0.0390. The first-order valence-corrected chi connectivity index (χ1v) is 10.9. The number of ether oxygens (including phenoxy) is 1. The number of rotatable bonds is 5. The minimum absolute atomic E-state index is 0.0390. The van der Waals surface area contributed by atoms with Crippen LogP contribution in [0.1, 0.15) is 46.7 Å². The lowest BCUT2D eigenvalue weighted by atomic mass is 9.88. The molecule has 0 amide bonds. The van der Waals surface area contributed by atoms with E-state index in [9.17, 15) is 10.5 Å². The second-order valence-corrected chi connectivity index (χ2v) is 8.37. The first-order chi connectivity index (χ1) is 15.1. The molecule has 7 nitrogen and oxygen atoms in total. The summed E-state index contributed by atoms with van der Waals surface area (Å²) in [7, 11) is 0. The maximum atomic E-state index is 9.88. The van der Waals surface area contributed by atoms with Crippen LogP contribution in [0.2, 0.25) is 0 Å². The van der Waals surface area contributed by atoms with Crippen LogP contribution in [0.4, 0.5) is 5.82 Å². The molecule has 1 aliphatic rings. The summed E-state index contributed by atoms with van der Waals surface area (Å²) in [6.45, 7) is 3.19. The SMILES string of the molecule is Cc1ccc(-c2nc(CSc3nc(N)c(C#N)c(C4CCCOC4)c3C#N)co2)cc1. The van der Waals surface area contributed by atoms with Gasteiger partial charge in [0.15, 0.2) is 0 Å². The Bertz CT molecular complexity index is 1170. The van der Waals surface area contributed by atoms with E-state index >= 15 is 0 Å². The molecule has 1 fully saturated rings. The molecule has 2 N–H and O–H groups in total. The zero-order chi connectivity index (χ0) is 21.8. The Hall–Kier alpha value is -3.33. The molecule has 3 heterocycles. The molecule has 1 saturated heterocycles. The molecule has 1 unspecified atom stereocenters. The van der Waals surface area contributed by atoms with E-state index in [0.717, 1.165) is 24.1 Å². The van der Waals surface area contributed by atoms with Gasteiger partial charge < -0.3 is 14.9 Å². The van der Waals surface area contributed by atoms with Gasteiger partial charge in [0.1, 0.15) is 29.2 Å². The second kappa shape index (κ2) is 9.22. The number of aromatic nitrogens is 2. The molecule has 1 aromatic carbocycles. The van der Waals surface area contributed by atoms with Gasteiger partial charge in [-0.3, -0.25) is 0 Å². The Morgan fingerprint density at radius 3 is 2.61 bits per heavy atom. The van der Waals surface area contributed by atoms with Gasteiger partial charge in [0.05, 0.1) is 23.4 Å². The fourth-order valence-corrected chi connectivity index (χ4v) is 4.53. The molecule has 0 bridgehead atoms. The van der Waals surface area contributed by atoms with E-state index in [2.05, 4.69) is 22.1 Å². The first-order valence-electron chi connectivity index (χ1n) is 9.96. The number of nitrogen functional groups attached to an aromatic ring is 1. The second-order valence-electron chi connectivity index (χ2n) is 7.40. The summed E-state index contributed by atoms with van der Waals surface area (Å²) in [4.78, 5) is 8.90. The number of nitrogens with two attached hydrogens (primary N) is 1. The van der Waals surface area contributed by atoms with Crippen LogP contribution in [0.25, 0.3) is 11.5 Å². The maximum Gasteiger partial charge on any atom is 0.226 e. The number of nitriles is 2. The molecule has 0 spiro atoms. The highest BCUT2D eigenvalue weighted by molar-refractivity contribution is 7.98. The van der Waals surface area contributed by atoms with Crippen molar-refractivity contribution in [3.05, 3.63) is 58.5 Å². The summed E-state index contributed by atoms with van der Waals surface area (Å²) in [5.41, 5.74) is 10.2. The highest BCUT2D eigenvalue weighted by Crippen LogP contribution is 2.37. The van der Waals surface area contributed by atoms with Gasteiger partial charge in [0, 0.05) is 23.8 Å². The smallest absolute Gasteiger partial charge is 0.226 e. The van der Waals surface area contributed by atoms with Crippen LogP contribution in [0.3, 0.4) is 0 Å². The molecule has 1 aliphatic heterocycles. The average Bonchev–Trinajstić information content (AvgIpc) is 3.27. The van der Waals surface area contributed by atoms with Crippen LogP contribution in [0.15, 0.2) is 40.0 Å². The van der Waals surface area contributed by atoms with Crippen LogP contribution >= 0.6 is 11.8 Å². The molecule has 31 heavy (non-hydrogen) atoms. The van der Waals surface area contributed by atoms with Gasteiger partial charge in [-0.1, -0.05) is 29.5 Å². The third-order valence-electron chi connectivity index (χ3n) is 5.23. The van der Waals surface area contributed by atoms with Crippen molar-refractivity contribution in [1.29, 1.82) is 10.5 Å². The van der Waals surface area contributed by atoms with E-state index < -0.39 is 0 Å². The zero-order valence-corrected chi connectivity index (χ0v) is 17.9. The lowest BCUT2D eigenvalue weighted by molar-refractivity contribution is 0.0802. The lowest BCUT2D eigenvalue weighted by Gasteiger charge is -2.25. The van der Waals surface area contributed by atoms with Gasteiger partial charge in [0.2, 0.25) is 5.89 Å². The van der Waals surface area contributed by atoms with E-state index in [1.54, 1.807) is 6.26 Å². The molecule has 0 saturated carbocycles. The predicted molar refractivity (Wildman–Crippen MR) is 117 cm³/mol. The molecule has 1 atom stereocenters. The molecule has 0 aliphatic carbocycles. The number of benzene rings is 1. The van der Waals surface area contributed by atoms with Crippen LogP contribution in [-0.4, -0.2) is 23.2 Å². The fraction of sp³-hybridized carbons (Fsp3) is 0.304. The zero-order valence-electron chi connectivity index (χ0n) is 17.1. The van der Waals surface area contributed by atoms with Gasteiger partial charge >= 0.3 is 0 Å². The Morgan fingerprint density at radius 2 is 1.94 bits per heavy atom. The molecular formula is C23H21N5O2S. The quantitative estimate of drug-likeness (QED) is 0.584. The van der Waals surface area contributed by atoms with Crippen LogP contribution in [0, 0.1) is 29.6 Å². The predicted octanol–water partition coefficient (Wildman–Crippen LogP) is 4.56. The Morgan fingerprint density at radius 1 is 1.16 bits per heavy atom. The number of aryl methyl sites for hydroxylation is 1. The van der Waals surface area contributed by atoms with Gasteiger partial charge in [-0.15, -0.1) is 0 Å². The Labute approximate surface area is 184 Å². The van der Waals surface area contributed by atoms with E-state index in [4.69, 9.17) is 14.9 Å². The van der Waals surface area contributed by atoms with Gasteiger partial charge in [-0.2, -0.15) is 10.5 Å². The summed E-state index contributed by atoms with van der Waals surface area (Å²) >= 11 is 1.36. The maximum absolute atomic E-state index is 9.88. The molecule has 3 aromatic rings. The van der Waals surface area contributed by atoms with Crippen LogP contribution in [0.5, 0.6) is 0 Å². The fourth-order valence-electron chi connectivity index (χ4n) is 3.65. The van der Waals surface area contributed by atoms with Crippen molar-refractivity contribution in [2.24, 2.45) is 0 Å². The number of anilines is 1. The normalized spacial score (nSPS) is 15.9. The number of nitrogens with zero attached hydrogens (tertiary/aromatic N) is 4. The van der Waals surface area contributed by atoms with Crippen molar-refractivity contribution >= 4 is 17.6 Å². The monoisotopic (exact) mass is 431 g/mol. The highest BCUT2D eigenvalue weighted by atomic mass is 32.2. The van der Waals surface area contributed by atoms with Crippen molar-refractivity contribution in [2.45, 2.75) is 36.5 Å². The number of thioether (sulfide) groups is 1. The summed E-state index contributed by atoms with van der Waals surface area (Å²) in [6.07, 6.45) is 3.34. The van der Waals surface area contributed by atoms with Crippen molar-refractivity contribution < 1.29 is 9.15 Å². The molecular weight excluding hydrogens is 410 g/mol. The number of hydrogen-bond donors (Lipinski definition) is 1. The molecule has 2 aromatic heterocycles. The van der Waals surface area contributed by atoms with E-state index in [1.165, 1.54) is 17.3 Å². The van der Waals surface area contributed by atoms with Crippen molar-refractivity contribution in [1.82, 2.24) is 9.97 Å². The van der Waals surface area contributed by atoms with E-state index in [1.807, 2.05) is 31.2 Å². The minimum Gasteiger partial charge on any atom is -0.444 e. The van der Waals surface area contributed by atoms with Crippen LogP contribution < -0.4 is 5.73 Å².